The number of hydrogen-bond acceptors (Lipinski definition) is 3. The quantitative estimate of drug-likeness (QED) is 0.571. The van der Waals surface area contributed by atoms with Crippen molar-refractivity contribution in [1.82, 2.24) is 9.55 Å². The molecule has 0 aliphatic carbocycles. The van der Waals surface area contributed by atoms with Crippen molar-refractivity contribution >= 4 is 17.7 Å². The average molecular weight is 225 g/mol. The topological polar surface area (TPSA) is 29.9 Å². The Bertz CT molecular complexity index is 307. The van der Waals surface area contributed by atoms with E-state index in [0.29, 0.717) is 0 Å². The van der Waals surface area contributed by atoms with Crippen LogP contribution >= 0.6 is 11.8 Å². The lowest BCUT2D eigenvalue weighted by molar-refractivity contribution is 0.814. The molecule has 0 saturated heterocycles. The second-order valence-corrected chi connectivity index (χ2v) is 4.41. The maximum Gasteiger partial charge on any atom is 0.203 e. The number of imidazole rings is 1. The zero-order chi connectivity index (χ0) is 11.1. The Hall–Kier alpha value is -0.900. The highest BCUT2D eigenvalue weighted by atomic mass is 32.2. The number of aryl methyl sites for hydroxylation is 1. The summed E-state index contributed by atoms with van der Waals surface area (Å²) in [6.07, 6.45) is 7.22. The van der Waals surface area contributed by atoms with Crippen LogP contribution in [-0.2, 0) is 6.54 Å². The standard InChI is InChI=1S/C11H19N3S/c1-4-7-14-9-10(2)13-11(14)12-6-5-8-15-3/h4,9H,1,5-8H2,2-3H3,(H,12,13). The Labute approximate surface area is 96.0 Å². The van der Waals surface area contributed by atoms with Crippen LogP contribution in [0, 0.1) is 6.92 Å². The summed E-state index contributed by atoms with van der Waals surface area (Å²) in [6.45, 7) is 7.53. The first-order valence-corrected chi connectivity index (χ1v) is 6.54. The molecule has 4 heteroatoms. The first-order valence-electron chi connectivity index (χ1n) is 5.15. The summed E-state index contributed by atoms with van der Waals surface area (Å²) in [7, 11) is 0. The molecule has 0 spiro atoms. The van der Waals surface area contributed by atoms with Crippen LogP contribution in [0.15, 0.2) is 18.9 Å². The van der Waals surface area contributed by atoms with E-state index >= 15 is 0 Å². The average Bonchev–Trinajstić information content (AvgIpc) is 2.55. The molecule has 0 fully saturated rings. The van der Waals surface area contributed by atoms with Gasteiger partial charge in [0.15, 0.2) is 0 Å². The van der Waals surface area contributed by atoms with Gasteiger partial charge in [-0.2, -0.15) is 11.8 Å². The molecule has 0 bridgehead atoms. The van der Waals surface area contributed by atoms with E-state index in [9.17, 15) is 0 Å². The van der Waals surface area contributed by atoms with Gasteiger partial charge in [0.2, 0.25) is 5.95 Å². The molecular formula is C11H19N3S. The molecule has 1 aromatic heterocycles. The molecule has 1 rings (SSSR count). The van der Waals surface area contributed by atoms with Gasteiger partial charge >= 0.3 is 0 Å². The third-order valence-electron chi connectivity index (χ3n) is 2.03. The van der Waals surface area contributed by atoms with Gasteiger partial charge in [-0.25, -0.2) is 4.98 Å². The third-order valence-corrected chi connectivity index (χ3v) is 2.73. The molecule has 1 aromatic rings. The number of hydrogen-bond donors (Lipinski definition) is 1. The molecule has 0 saturated carbocycles. The molecule has 0 atom stereocenters. The predicted molar refractivity (Wildman–Crippen MR) is 68.6 cm³/mol. The summed E-state index contributed by atoms with van der Waals surface area (Å²) in [5, 5.41) is 3.34. The highest BCUT2D eigenvalue weighted by Crippen LogP contribution is 2.08. The molecule has 0 aliphatic rings. The summed E-state index contributed by atoms with van der Waals surface area (Å²) >= 11 is 1.87. The fourth-order valence-corrected chi connectivity index (χ4v) is 1.82. The van der Waals surface area contributed by atoms with E-state index in [1.54, 1.807) is 0 Å². The Morgan fingerprint density at radius 3 is 3.13 bits per heavy atom. The fourth-order valence-electron chi connectivity index (χ4n) is 1.38. The molecule has 1 N–H and O–H groups in total. The SMILES string of the molecule is C=CCn1cc(C)nc1NCCCSC. The van der Waals surface area contributed by atoms with Gasteiger partial charge in [-0.3, -0.25) is 0 Å². The normalized spacial score (nSPS) is 10.3. The van der Waals surface area contributed by atoms with Crippen molar-refractivity contribution in [2.24, 2.45) is 0 Å². The maximum absolute atomic E-state index is 4.42. The monoisotopic (exact) mass is 225 g/mol. The second-order valence-electron chi connectivity index (χ2n) is 3.42. The summed E-state index contributed by atoms with van der Waals surface area (Å²) in [5.74, 6) is 2.14. The Kier molecular flexibility index (Phi) is 5.32. The van der Waals surface area contributed by atoms with Crippen molar-refractivity contribution in [3.8, 4) is 0 Å². The van der Waals surface area contributed by atoms with Crippen LogP contribution in [0.5, 0.6) is 0 Å². The van der Waals surface area contributed by atoms with Crippen LogP contribution in [0.25, 0.3) is 0 Å². The zero-order valence-corrected chi connectivity index (χ0v) is 10.3. The maximum atomic E-state index is 4.42. The minimum atomic E-state index is 0.811. The van der Waals surface area contributed by atoms with Gasteiger partial charge in [-0.05, 0) is 25.4 Å². The van der Waals surface area contributed by atoms with Gasteiger partial charge < -0.3 is 9.88 Å². The van der Waals surface area contributed by atoms with Crippen molar-refractivity contribution in [1.29, 1.82) is 0 Å². The van der Waals surface area contributed by atoms with Crippen LogP contribution < -0.4 is 5.32 Å². The first kappa shape index (κ1) is 12.2. The lowest BCUT2D eigenvalue weighted by Crippen LogP contribution is -2.08. The Balaban J connectivity index is 2.47. The van der Waals surface area contributed by atoms with Gasteiger partial charge in [0.1, 0.15) is 0 Å². The molecule has 1 heterocycles. The van der Waals surface area contributed by atoms with Crippen LogP contribution in [0.4, 0.5) is 5.95 Å². The van der Waals surface area contributed by atoms with Gasteiger partial charge in [0.25, 0.3) is 0 Å². The molecule has 84 valence electrons. The predicted octanol–water partition coefficient (Wildman–Crippen LogP) is 2.54. The highest BCUT2D eigenvalue weighted by Gasteiger charge is 2.02. The lowest BCUT2D eigenvalue weighted by Gasteiger charge is -2.06. The Morgan fingerprint density at radius 1 is 1.67 bits per heavy atom. The number of allylic oxidation sites excluding steroid dienone is 1. The lowest BCUT2D eigenvalue weighted by atomic mass is 10.5. The van der Waals surface area contributed by atoms with E-state index < -0.39 is 0 Å². The minimum Gasteiger partial charge on any atom is -0.356 e. The van der Waals surface area contributed by atoms with Gasteiger partial charge in [-0.1, -0.05) is 6.08 Å². The number of nitrogens with zero attached hydrogens (tertiary/aromatic N) is 2. The fraction of sp³-hybridized carbons (Fsp3) is 0.545. The summed E-state index contributed by atoms with van der Waals surface area (Å²) in [5.41, 5.74) is 1.05. The van der Waals surface area contributed by atoms with Gasteiger partial charge in [0, 0.05) is 19.3 Å². The van der Waals surface area contributed by atoms with Gasteiger partial charge in [0.05, 0.1) is 5.69 Å². The first-order chi connectivity index (χ1) is 7.27. The van der Waals surface area contributed by atoms with E-state index in [1.165, 1.54) is 12.2 Å². The molecule has 0 aliphatic heterocycles. The number of anilines is 1. The van der Waals surface area contributed by atoms with Crippen LogP contribution in [0.2, 0.25) is 0 Å². The third kappa shape index (κ3) is 4.00. The molecule has 0 radical (unpaired) electrons. The van der Waals surface area contributed by atoms with E-state index in [-0.39, 0.29) is 0 Å². The second kappa shape index (κ2) is 6.56. The smallest absolute Gasteiger partial charge is 0.203 e. The molecule has 15 heavy (non-hydrogen) atoms. The number of thioether (sulfide) groups is 1. The van der Waals surface area contributed by atoms with Crippen LogP contribution in [0.1, 0.15) is 12.1 Å². The van der Waals surface area contributed by atoms with E-state index in [2.05, 4.69) is 27.7 Å². The van der Waals surface area contributed by atoms with E-state index in [4.69, 9.17) is 0 Å². The van der Waals surface area contributed by atoms with Crippen LogP contribution in [0.3, 0.4) is 0 Å². The Morgan fingerprint density at radius 2 is 2.47 bits per heavy atom. The summed E-state index contributed by atoms with van der Waals surface area (Å²) in [6, 6.07) is 0. The minimum absolute atomic E-state index is 0.811. The van der Waals surface area contributed by atoms with Crippen molar-refractivity contribution in [2.75, 3.05) is 23.9 Å². The van der Waals surface area contributed by atoms with Crippen molar-refractivity contribution in [2.45, 2.75) is 19.9 Å². The molecular weight excluding hydrogens is 206 g/mol. The number of aromatic nitrogens is 2. The highest BCUT2D eigenvalue weighted by molar-refractivity contribution is 7.98. The van der Waals surface area contributed by atoms with Gasteiger partial charge in [-0.15, -0.1) is 6.58 Å². The number of rotatable bonds is 7. The molecule has 0 unspecified atom stereocenters. The zero-order valence-electron chi connectivity index (χ0n) is 9.49. The van der Waals surface area contributed by atoms with E-state index in [1.807, 2.05) is 31.0 Å². The van der Waals surface area contributed by atoms with Crippen LogP contribution in [-0.4, -0.2) is 28.1 Å². The number of nitrogens with one attached hydrogen (secondary N) is 1. The molecule has 0 aromatic carbocycles. The summed E-state index contributed by atoms with van der Waals surface area (Å²) < 4.78 is 2.08. The van der Waals surface area contributed by atoms with Crippen molar-refractivity contribution in [3.63, 3.8) is 0 Å². The van der Waals surface area contributed by atoms with E-state index in [0.717, 1.165) is 24.7 Å². The van der Waals surface area contributed by atoms with Crippen molar-refractivity contribution in [3.05, 3.63) is 24.5 Å². The molecule has 3 nitrogen and oxygen atoms in total. The largest absolute Gasteiger partial charge is 0.356 e. The molecule has 0 amide bonds. The summed E-state index contributed by atoms with van der Waals surface area (Å²) in [4.78, 5) is 4.42. The van der Waals surface area contributed by atoms with Crippen molar-refractivity contribution < 1.29 is 0 Å².